The van der Waals surface area contributed by atoms with Gasteiger partial charge in [-0.2, -0.15) is 13.2 Å². The van der Waals surface area contributed by atoms with Crippen LogP contribution in [-0.4, -0.2) is 34.6 Å². The number of aromatic nitrogens is 1. The van der Waals surface area contributed by atoms with E-state index in [0.717, 1.165) is 46.2 Å². The molecular weight excluding hydrogens is 603 g/mol. The van der Waals surface area contributed by atoms with E-state index >= 15 is 0 Å². The first-order valence-corrected chi connectivity index (χ1v) is 14.7. The molecule has 0 saturated carbocycles. The number of halogens is 3. The van der Waals surface area contributed by atoms with Crippen molar-refractivity contribution in [2.24, 2.45) is 5.92 Å². The van der Waals surface area contributed by atoms with Crippen molar-refractivity contribution in [3.63, 3.8) is 0 Å². The first-order chi connectivity index (χ1) is 20.6. The van der Waals surface area contributed by atoms with Crippen molar-refractivity contribution in [2.75, 3.05) is 17.3 Å². The molecule has 6 rings (SSSR count). The summed E-state index contributed by atoms with van der Waals surface area (Å²) in [6.45, 7) is -0.345. The lowest BCUT2D eigenvalue weighted by atomic mass is 9.83. The second kappa shape index (κ2) is 11.0. The molecule has 3 heterocycles. The highest BCUT2D eigenvalue weighted by atomic mass is 32.2. The molecule has 2 aliphatic rings. The number of amides is 3. The number of thioether (sulfide) groups is 1. The zero-order chi connectivity index (χ0) is 30.5. The number of ether oxygens (including phenoxy) is 1. The Balaban J connectivity index is 1.38. The smallest absolute Gasteiger partial charge is 0.416 e. The highest BCUT2D eigenvalue weighted by Gasteiger charge is 2.57. The summed E-state index contributed by atoms with van der Waals surface area (Å²) in [6.07, 6.45) is -4.66. The van der Waals surface area contributed by atoms with Crippen LogP contribution in [0.5, 0.6) is 5.75 Å². The standard InChI is InChI=1S/C30H22F3N3O5S2/c1-41-20-12-10-18(11-13-20)34-21(37)15-35-28-25(43-29(35)40)22(16-6-3-2-4-7-16)23-24(42-28)27(39)36(26(23)38)19-9-5-8-17(14-19)30(31,32)33/h2-14,22-24H,15H2,1H3,(H,34,37)/t22-,23?,24?/m0/s1. The summed E-state index contributed by atoms with van der Waals surface area (Å²) in [4.78, 5) is 54.8. The van der Waals surface area contributed by atoms with Crippen molar-refractivity contribution < 1.29 is 32.3 Å². The number of methoxy groups -OCH3 is 1. The van der Waals surface area contributed by atoms with Crippen LogP contribution in [0.15, 0.2) is 88.7 Å². The Kier molecular flexibility index (Phi) is 7.38. The second-order valence-corrected chi connectivity index (χ2v) is 12.0. The van der Waals surface area contributed by atoms with Crippen LogP contribution in [0.1, 0.15) is 21.9 Å². The number of imide groups is 1. The highest BCUT2D eigenvalue weighted by molar-refractivity contribution is 8.00. The fraction of sp³-hybridized carbons (Fsp3) is 0.200. The molecule has 43 heavy (non-hydrogen) atoms. The van der Waals surface area contributed by atoms with Gasteiger partial charge in [-0.15, -0.1) is 0 Å². The molecule has 220 valence electrons. The van der Waals surface area contributed by atoms with Gasteiger partial charge in [0.2, 0.25) is 17.7 Å². The number of benzene rings is 3. The van der Waals surface area contributed by atoms with Gasteiger partial charge in [-0.25, -0.2) is 4.90 Å². The lowest BCUT2D eigenvalue weighted by Gasteiger charge is -2.30. The van der Waals surface area contributed by atoms with E-state index in [9.17, 15) is 32.3 Å². The van der Waals surface area contributed by atoms with Gasteiger partial charge in [-0.3, -0.25) is 23.7 Å². The number of thiazole rings is 1. The van der Waals surface area contributed by atoms with Crippen molar-refractivity contribution >= 4 is 52.2 Å². The summed E-state index contributed by atoms with van der Waals surface area (Å²) in [5.74, 6) is -2.90. The van der Waals surface area contributed by atoms with E-state index in [1.165, 1.54) is 17.7 Å². The third-order valence-electron chi connectivity index (χ3n) is 7.32. The minimum Gasteiger partial charge on any atom is -0.497 e. The summed E-state index contributed by atoms with van der Waals surface area (Å²) in [6, 6.07) is 19.6. The average Bonchev–Trinajstić information content (AvgIpc) is 3.43. The Morgan fingerprint density at radius 3 is 2.35 bits per heavy atom. The lowest BCUT2D eigenvalue weighted by Crippen LogP contribution is -2.33. The molecule has 4 aromatic rings. The van der Waals surface area contributed by atoms with Gasteiger partial charge in [-0.05, 0) is 48.0 Å². The monoisotopic (exact) mass is 625 g/mol. The number of hydrogen-bond donors (Lipinski definition) is 1. The average molecular weight is 626 g/mol. The molecule has 0 aliphatic carbocycles. The van der Waals surface area contributed by atoms with Gasteiger partial charge < -0.3 is 10.1 Å². The summed E-state index contributed by atoms with van der Waals surface area (Å²) in [5, 5.41) is 2.09. The normalized spacial score (nSPS) is 19.6. The predicted octanol–water partition coefficient (Wildman–Crippen LogP) is 5.37. The molecule has 1 saturated heterocycles. The zero-order valence-corrected chi connectivity index (χ0v) is 24.0. The van der Waals surface area contributed by atoms with Crippen molar-refractivity contribution in [3.05, 3.63) is 105 Å². The molecule has 1 fully saturated rings. The number of carbonyl (C=O) groups excluding carboxylic acids is 3. The van der Waals surface area contributed by atoms with Crippen molar-refractivity contribution in [2.45, 2.75) is 28.9 Å². The molecule has 2 aliphatic heterocycles. The van der Waals surface area contributed by atoms with Crippen LogP contribution < -0.4 is 19.8 Å². The van der Waals surface area contributed by atoms with Crippen LogP contribution in [0.4, 0.5) is 24.5 Å². The molecule has 3 aromatic carbocycles. The summed E-state index contributed by atoms with van der Waals surface area (Å²) < 4.78 is 46.8. The summed E-state index contributed by atoms with van der Waals surface area (Å²) in [5.41, 5.74) is 0.00287. The lowest BCUT2D eigenvalue weighted by molar-refractivity contribution is -0.137. The van der Waals surface area contributed by atoms with E-state index < -0.39 is 51.4 Å². The third-order valence-corrected chi connectivity index (χ3v) is 9.92. The number of nitrogens with zero attached hydrogens (tertiary/aromatic N) is 2. The van der Waals surface area contributed by atoms with E-state index in [0.29, 0.717) is 26.9 Å². The number of anilines is 2. The van der Waals surface area contributed by atoms with Gasteiger partial charge in [-0.1, -0.05) is 59.5 Å². The Bertz CT molecular complexity index is 1790. The predicted molar refractivity (Wildman–Crippen MR) is 156 cm³/mol. The largest absolute Gasteiger partial charge is 0.497 e. The molecule has 3 atom stereocenters. The van der Waals surface area contributed by atoms with Gasteiger partial charge in [0.15, 0.2) is 0 Å². The fourth-order valence-corrected chi connectivity index (χ4v) is 8.14. The van der Waals surface area contributed by atoms with Crippen molar-refractivity contribution in [1.29, 1.82) is 0 Å². The van der Waals surface area contributed by atoms with Crippen molar-refractivity contribution in [1.82, 2.24) is 4.57 Å². The van der Waals surface area contributed by atoms with E-state index in [1.54, 1.807) is 54.6 Å². The number of carbonyl (C=O) groups is 3. The van der Waals surface area contributed by atoms with E-state index in [1.807, 2.05) is 0 Å². The molecular formula is C30H22F3N3O5S2. The second-order valence-electron chi connectivity index (χ2n) is 9.91. The Hall–Kier alpha value is -4.36. The minimum atomic E-state index is -4.66. The van der Waals surface area contributed by atoms with E-state index in [-0.39, 0.29) is 12.2 Å². The number of alkyl halides is 3. The summed E-state index contributed by atoms with van der Waals surface area (Å²) in [7, 11) is 1.52. The SMILES string of the molecule is COc1ccc(NC(=O)Cn2c3c(sc2=O)[C@@H](c2ccccc2)C2C(=O)N(c4cccc(C(F)(F)F)c4)C(=O)C2S3)cc1. The molecule has 0 radical (unpaired) electrons. The molecule has 3 amide bonds. The maximum absolute atomic E-state index is 13.9. The quantitative estimate of drug-likeness (QED) is 0.290. The Morgan fingerprint density at radius 1 is 0.953 bits per heavy atom. The summed E-state index contributed by atoms with van der Waals surface area (Å²) >= 11 is 1.88. The van der Waals surface area contributed by atoms with Crippen LogP contribution >= 0.6 is 23.1 Å². The molecule has 0 bridgehead atoms. The van der Waals surface area contributed by atoms with Crippen LogP contribution in [-0.2, 0) is 27.1 Å². The molecule has 1 N–H and O–H groups in total. The topological polar surface area (TPSA) is 97.7 Å². The minimum absolute atomic E-state index is 0.175. The molecule has 8 nitrogen and oxygen atoms in total. The maximum Gasteiger partial charge on any atom is 0.416 e. The maximum atomic E-state index is 13.9. The number of rotatable bonds is 6. The first kappa shape index (κ1) is 28.7. The Labute approximate surface area is 251 Å². The molecule has 2 unspecified atom stereocenters. The van der Waals surface area contributed by atoms with Crippen LogP contribution in [0.25, 0.3) is 0 Å². The number of fused-ring (bicyclic) bond motifs is 2. The van der Waals surface area contributed by atoms with Gasteiger partial charge in [0.1, 0.15) is 17.5 Å². The fourth-order valence-electron chi connectivity index (χ4n) is 5.37. The van der Waals surface area contributed by atoms with E-state index in [4.69, 9.17) is 4.74 Å². The van der Waals surface area contributed by atoms with Gasteiger partial charge >= 0.3 is 11.0 Å². The number of hydrogen-bond acceptors (Lipinski definition) is 7. The van der Waals surface area contributed by atoms with Gasteiger partial charge in [0.25, 0.3) is 0 Å². The van der Waals surface area contributed by atoms with Crippen LogP contribution in [0.2, 0.25) is 0 Å². The highest BCUT2D eigenvalue weighted by Crippen LogP contribution is 2.54. The molecule has 1 aromatic heterocycles. The van der Waals surface area contributed by atoms with Crippen molar-refractivity contribution in [3.8, 4) is 5.75 Å². The number of nitrogens with one attached hydrogen (secondary N) is 1. The molecule has 0 spiro atoms. The zero-order valence-electron chi connectivity index (χ0n) is 22.3. The Morgan fingerprint density at radius 2 is 1.67 bits per heavy atom. The van der Waals surface area contributed by atoms with Crippen LogP contribution in [0.3, 0.4) is 0 Å². The van der Waals surface area contributed by atoms with E-state index in [2.05, 4.69) is 5.32 Å². The van der Waals surface area contributed by atoms with Gasteiger partial charge in [0.05, 0.1) is 29.3 Å². The third kappa shape index (κ3) is 5.23. The molecule has 13 heteroatoms. The van der Waals surface area contributed by atoms with Crippen LogP contribution in [0, 0.1) is 5.92 Å². The van der Waals surface area contributed by atoms with Gasteiger partial charge in [0, 0.05) is 16.5 Å². The first-order valence-electron chi connectivity index (χ1n) is 13.0.